The number of nitrogens with zero attached hydrogens (tertiary/aromatic N) is 9. The number of Topliss-reactive ketones (excluding diaryl/α,β-unsaturated/α-hetero) is 1. The van der Waals surface area contributed by atoms with Crippen molar-refractivity contribution in [3.8, 4) is 39.9 Å². The van der Waals surface area contributed by atoms with E-state index in [9.17, 15) is 23.6 Å². The van der Waals surface area contributed by atoms with E-state index < -0.39 is 17.9 Å². The number of aromatic nitrogens is 9. The van der Waals surface area contributed by atoms with Gasteiger partial charge in [0.25, 0.3) is 0 Å². The quantitative estimate of drug-likeness (QED) is 0.0368. The van der Waals surface area contributed by atoms with Crippen LogP contribution in [0.5, 0.6) is 23.0 Å². The molecule has 1 aliphatic heterocycles. The van der Waals surface area contributed by atoms with Crippen molar-refractivity contribution >= 4 is 91.6 Å². The van der Waals surface area contributed by atoms with Gasteiger partial charge in [-0.2, -0.15) is 0 Å². The Morgan fingerprint density at radius 3 is 1.73 bits per heavy atom. The summed E-state index contributed by atoms with van der Waals surface area (Å²) in [6, 6.07) is 73.3. The fourth-order valence-corrected chi connectivity index (χ4v) is 13.7. The molecule has 0 saturated carbocycles. The number of ketones is 1. The third kappa shape index (κ3) is 21.0. The molecule has 4 aromatic heterocycles. The van der Waals surface area contributed by atoms with Crippen LogP contribution in [0.4, 0.5) is 4.39 Å². The molecule has 9 aromatic carbocycles. The summed E-state index contributed by atoms with van der Waals surface area (Å²) < 4.78 is 50.1. The summed E-state index contributed by atoms with van der Waals surface area (Å²) in [5.41, 5.74) is 6.91. The number of thioether (sulfide) groups is 3. The fraction of sp³-hybridized carbons (Fsp3) is 0.212. The molecule has 13 aromatic rings. The molecule has 5 heterocycles. The summed E-state index contributed by atoms with van der Waals surface area (Å²) >= 11 is 3.49. The minimum Gasteiger partial charge on any atom is -0.493 e. The van der Waals surface area contributed by atoms with Gasteiger partial charge in [-0.25, -0.2) is 9.37 Å². The van der Waals surface area contributed by atoms with Crippen molar-refractivity contribution in [1.82, 2.24) is 43.6 Å². The Bertz CT molecular complexity index is 5020. The first-order chi connectivity index (χ1) is 51.2. The molecule has 538 valence electrons. The van der Waals surface area contributed by atoms with Gasteiger partial charge in [0.15, 0.2) is 38.6 Å². The van der Waals surface area contributed by atoms with Gasteiger partial charge >= 0.3 is 17.9 Å². The van der Waals surface area contributed by atoms with E-state index in [1.54, 1.807) is 26.2 Å². The average Bonchev–Trinajstić information content (AvgIpc) is 1.75. The molecule has 0 bridgehead atoms. The van der Waals surface area contributed by atoms with Crippen LogP contribution < -0.4 is 18.9 Å². The summed E-state index contributed by atoms with van der Waals surface area (Å²) in [5.74, 6) is 1.25. The summed E-state index contributed by atoms with van der Waals surface area (Å²) in [7, 11) is 1.60. The van der Waals surface area contributed by atoms with Crippen molar-refractivity contribution in [2.75, 3.05) is 37.6 Å². The summed E-state index contributed by atoms with van der Waals surface area (Å²) in [4.78, 5) is 48.7. The zero-order valence-corrected chi connectivity index (χ0v) is 60.0. The highest BCUT2D eigenvalue weighted by molar-refractivity contribution is 8.00. The molecule has 14 rings (SSSR count). The number of aliphatic carboxylic acids is 3. The lowest BCUT2D eigenvalue weighted by Crippen LogP contribution is -2.18. The lowest BCUT2D eigenvalue weighted by atomic mass is 10.1. The van der Waals surface area contributed by atoms with E-state index in [-0.39, 0.29) is 48.2 Å². The minimum atomic E-state index is -0.902. The number of carbonyl (C=O) groups is 4. The van der Waals surface area contributed by atoms with Crippen LogP contribution in [-0.2, 0) is 63.2 Å². The SMILES string of the molecule is CC(=O)CCc1ccc(-c2ccc(F)cc2)n1C[C@@H]1CCCO1.COc1ccccc1OCCn1c(SCC(=O)O)nc2ccccc21.O=C(O)CSc1nnc(COc2cccc3ccccc23)n1-c1ccccc1.O=C(O)CSc1nnc(COc2cccc3ccccc23)n1Cc1ccccc1. The van der Waals surface area contributed by atoms with Crippen molar-refractivity contribution in [2.45, 2.75) is 87.0 Å². The second-order valence-corrected chi connectivity index (χ2v) is 26.6. The van der Waals surface area contributed by atoms with Crippen LogP contribution >= 0.6 is 35.3 Å². The molecule has 0 aliphatic carbocycles. The van der Waals surface area contributed by atoms with Gasteiger partial charge in [0.05, 0.1) is 54.6 Å². The summed E-state index contributed by atoms with van der Waals surface area (Å²) in [5, 5.41) is 49.8. The van der Waals surface area contributed by atoms with Crippen LogP contribution in [0.1, 0.15) is 49.1 Å². The maximum absolute atomic E-state index is 13.2. The number of aryl methyl sites for hydroxylation is 1. The van der Waals surface area contributed by atoms with Gasteiger partial charge < -0.3 is 52.9 Å². The highest BCUT2D eigenvalue weighted by Crippen LogP contribution is 2.33. The predicted molar refractivity (Wildman–Crippen MR) is 405 cm³/mol. The monoisotopic (exact) mass is 1470 g/mol. The Morgan fingerprint density at radius 1 is 0.543 bits per heavy atom. The van der Waals surface area contributed by atoms with Crippen molar-refractivity contribution < 1.29 is 62.6 Å². The van der Waals surface area contributed by atoms with Crippen molar-refractivity contribution in [3.05, 3.63) is 259 Å². The molecule has 105 heavy (non-hydrogen) atoms. The molecule has 21 nitrogen and oxygen atoms in total. The molecule has 0 radical (unpaired) electrons. The topological polar surface area (TPSA) is 259 Å². The Kier molecular flexibility index (Phi) is 27.0. The Labute approximate surface area is 618 Å². The van der Waals surface area contributed by atoms with E-state index in [2.05, 4.69) is 42.1 Å². The van der Waals surface area contributed by atoms with Gasteiger partial charge in [0.2, 0.25) is 0 Å². The van der Waals surface area contributed by atoms with Crippen LogP contribution in [0.25, 0.3) is 49.5 Å². The maximum Gasteiger partial charge on any atom is 0.313 e. The fourth-order valence-electron chi connectivity index (χ4n) is 11.6. The summed E-state index contributed by atoms with van der Waals surface area (Å²) in [6.07, 6.45) is 3.65. The van der Waals surface area contributed by atoms with Gasteiger partial charge in [-0.3, -0.25) is 23.5 Å². The van der Waals surface area contributed by atoms with Gasteiger partial charge in [0.1, 0.15) is 42.9 Å². The Hall–Kier alpha value is -11.3. The number of fused-ring (bicyclic) bond motifs is 3. The first-order valence-electron chi connectivity index (χ1n) is 33.7. The van der Waals surface area contributed by atoms with Crippen LogP contribution in [0.2, 0.25) is 0 Å². The Morgan fingerprint density at radius 2 is 1.10 bits per heavy atom. The van der Waals surface area contributed by atoms with E-state index in [0.29, 0.717) is 64.7 Å². The Balaban J connectivity index is 0.000000140. The average molecular weight is 1470 g/mol. The molecule has 0 unspecified atom stereocenters. The molecule has 1 saturated heterocycles. The number of hydrogen-bond donors (Lipinski definition) is 3. The zero-order chi connectivity index (χ0) is 73.3. The van der Waals surface area contributed by atoms with Crippen LogP contribution in [-0.4, -0.2) is 126 Å². The van der Waals surface area contributed by atoms with Gasteiger partial charge in [-0.15, -0.1) is 20.4 Å². The van der Waals surface area contributed by atoms with Gasteiger partial charge in [-0.1, -0.05) is 181 Å². The number of para-hydroxylation sites is 5. The molecule has 0 spiro atoms. The molecule has 1 aliphatic rings. The predicted octanol–water partition coefficient (Wildman–Crippen LogP) is 15.7. The van der Waals surface area contributed by atoms with Crippen molar-refractivity contribution in [1.29, 1.82) is 0 Å². The van der Waals surface area contributed by atoms with E-state index in [1.165, 1.54) is 23.9 Å². The first-order valence-corrected chi connectivity index (χ1v) is 36.7. The van der Waals surface area contributed by atoms with E-state index >= 15 is 0 Å². The molecule has 25 heteroatoms. The maximum atomic E-state index is 13.2. The van der Waals surface area contributed by atoms with Crippen LogP contribution in [0, 0.1) is 5.82 Å². The number of methoxy groups -OCH3 is 1. The molecule has 0 amide bonds. The number of carboxylic acid groups (broad SMARTS) is 3. The highest BCUT2D eigenvalue weighted by atomic mass is 32.2. The van der Waals surface area contributed by atoms with Crippen LogP contribution in [0.15, 0.2) is 246 Å². The first kappa shape index (κ1) is 74.9. The van der Waals surface area contributed by atoms with Gasteiger partial charge in [-0.05, 0) is 133 Å². The minimum absolute atomic E-state index is 0.0311. The van der Waals surface area contributed by atoms with Crippen molar-refractivity contribution in [2.24, 2.45) is 0 Å². The molecular weight excluding hydrogens is 1390 g/mol. The molecule has 3 N–H and O–H groups in total. The molecular formula is C80H76FN9O12S3. The number of hydrogen-bond acceptors (Lipinski definition) is 17. The highest BCUT2D eigenvalue weighted by Gasteiger charge is 2.22. The number of benzene rings is 9. The number of rotatable bonds is 29. The number of halogens is 1. The summed E-state index contributed by atoms with van der Waals surface area (Å²) in [6.45, 7) is 5.19. The zero-order valence-electron chi connectivity index (χ0n) is 57.6. The van der Waals surface area contributed by atoms with E-state index in [1.807, 2.05) is 208 Å². The second kappa shape index (κ2) is 37.8. The number of ether oxygens (including phenoxy) is 5. The van der Waals surface area contributed by atoms with Gasteiger partial charge in [0, 0.05) is 47.4 Å². The number of carbonyl (C=O) groups excluding carboxylic acids is 1. The third-order valence-corrected chi connectivity index (χ3v) is 19.3. The van der Waals surface area contributed by atoms with E-state index in [0.717, 1.165) is 128 Å². The van der Waals surface area contributed by atoms with E-state index in [4.69, 9.17) is 39.0 Å². The third-order valence-electron chi connectivity index (χ3n) is 16.5. The lowest BCUT2D eigenvalue weighted by molar-refractivity contribution is -0.134. The van der Waals surface area contributed by atoms with Crippen molar-refractivity contribution in [3.63, 3.8) is 0 Å². The second-order valence-electron chi connectivity index (χ2n) is 23.8. The smallest absolute Gasteiger partial charge is 0.313 e. The largest absolute Gasteiger partial charge is 0.493 e. The van der Waals surface area contributed by atoms with Crippen LogP contribution in [0.3, 0.4) is 0 Å². The lowest BCUT2D eigenvalue weighted by Gasteiger charge is -2.17. The molecule has 1 fully saturated rings. The molecule has 1 atom stereocenters. The number of carboxylic acids is 3. The normalized spacial score (nSPS) is 12.3. The number of imidazole rings is 1. The standard InChI is InChI=1S/C22H19N3O3S.C21H17N3O3S.C19H22FNO2.C18H18N2O4S/c26-21(27)15-29-22-24-23-20(25(22)13-16-7-2-1-3-8-16)14-28-19-12-6-10-17-9-4-5-11-18(17)19;25-20(26)14-28-21-23-22-19(24(21)16-9-2-1-3-10-16)13-27-18-12-6-8-15-7-4-5-11-17(15)18;1-14(22)4-9-17-10-11-19(15-5-7-16(20)8-6-15)21(17)13-18-3-2-12-23-18;1-23-15-8-4-5-9-16(15)24-11-10-20-14-7-3-2-6-13(14)19-18(20)25-12-17(21)22/h1-12H,13-15H2,(H,26,27);1-12H,13-14H2,(H,25,26);5-8,10-11,18H,2-4,9,12-13H2,1H3;2-9H,10-12H2,1H3,(H,21,22)/t;;18-;/m..0./s1.